The van der Waals surface area contributed by atoms with Crippen LogP contribution >= 0.6 is 0 Å². The Hall–Kier alpha value is -2.48. The predicted molar refractivity (Wildman–Crippen MR) is 91.9 cm³/mol. The molecule has 0 aliphatic carbocycles. The summed E-state index contributed by atoms with van der Waals surface area (Å²) in [7, 11) is 0. The molecular formula is C19H20N2. The summed E-state index contributed by atoms with van der Waals surface area (Å²) in [5.41, 5.74) is 3.43. The molecule has 0 N–H and O–H groups in total. The van der Waals surface area contributed by atoms with Gasteiger partial charge >= 0.3 is 0 Å². The van der Waals surface area contributed by atoms with Crippen molar-refractivity contribution in [3.05, 3.63) is 78.0 Å². The third-order valence-electron chi connectivity index (χ3n) is 3.15. The zero-order valence-electron chi connectivity index (χ0n) is 12.5. The van der Waals surface area contributed by atoms with Gasteiger partial charge in [0, 0.05) is 18.0 Å². The number of benzene rings is 2. The Morgan fingerprint density at radius 1 is 0.905 bits per heavy atom. The Labute approximate surface area is 126 Å². The van der Waals surface area contributed by atoms with Gasteiger partial charge in [-0.3, -0.25) is 0 Å². The summed E-state index contributed by atoms with van der Waals surface area (Å²) in [4.78, 5) is 8.96. The molecule has 0 saturated heterocycles. The van der Waals surface area contributed by atoms with Crippen molar-refractivity contribution < 1.29 is 0 Å². The fraction of sp³-hybridized carbons (Fsp3) is 0.158. The topological polar surface area (TPSA) is 24.7 Å². The SMILES string of the molecule is C/C=N\C(=N/C=C(CC)c1ccccc1)c1ccccc1. The van der Waals surface area contributed by atoms with Crippen LogP contribution in [-0.2, 0) is 0 Å². The molecule has 0 radical (unpaired) electrons. The van der Waals surface area contributed by atoms with Crippen LogP contribution in [0.5, 0.6) is 0 Å². The van der Waals surface area contributed by atoms with E-state index in [9.17, 15) is 0 Å². The second kappa shape index (κ2) is 7.95. The Morgan fingerprint density at radius 2 is 1.48 bits per heavy atom. The van der Waals surface area contributed by atoms with Crippen molar-refractivity contribution in [2.75, 3.05) is 0 Å². The van der Waals surface area contributed by atoms with E-state index in [1.807, 2.05) is 61.7 Å². The maximum Gasteiger partial charge on any atom is 0.158 e. The first-order valence-corrected chi connectivity index (χ1v) is 7.21. The maximum absolute atomic E-state index is 4.59. The Bertz CT molecular complexity index is 638. The molecule has 0 bridgehead atoms. The van der Waals surface area contributed by atoms with E-state index in [1.165, 1.54) is 11.1 Å². The predicted octanol–water partition coefficient (Wildman–Crippen LogP) is 4.98. The average Bonchev–Trinajstić information content (AvgIpc) is 2.56. The summed E-state index contributed by atoms with van der Waals surface area (Å²) < 4.78 is 0. The molecule has 0 unspecified atom stereocenters. The molecule has 0 aliphatic rings. The number of amidine groups is 1. The number of aliphatic imine (C=N–C) groups is 2. The van der Waals surface area contributed by atoms with Crippen LogP contribution in [0.2, 0.25) is 0 Å². The summed E-state index contributed by atoms with van der Waals surface area (Å²) in [5, 5.41) is 0. The molecule has 0 spiro atoms. The normalized spacial score (nSPS) is 12.9. The monoisotopic (exact) mass is 276 g/mol. The quantitative estimate of drug-likeness (QED) is 0.556. The Balaban J connectivity index is 2.36. The largest absolute Gasteiger partial charge is 0.241 e. The van der Waals surface area contributed by atoms with Gasteiger partial charge in [-0.15, -0.1) is 0 Å². The smallest absolute Gasteiger partial charge is 0.158 e. The van der Waals surface area contributed by atoms with Gasteiger partial charge in [-0.25, -0.2) is 9.98 Å². The summed E-state index contributed by atoms with van der Waals surface area (Å²) in [6, 6.07) is 20.4. The first-order valence-electron chi connectivity index (χ1n) is 7.21. The minimum Gasteiger partial charge on any atom is -0.241 e. The van der Waals surface area contributed by atoms with Gasteiger partial charge in [0.1, 0.15) is 0 Å². The first kappa shape index (κ1) is 14.9. The van der Waals surface area contributed by atoms with Crippen molar-refractivity contribution in [1.29, 1.82) is 0 Å². The molecule has 0 amide bonds. The lowest BCUT2D eigenvalue weighted by Crippen LogP contribution is -1.96. The molecule has 2 rings (SSSR count). The third-order valence-corrected chi connectivity index (χ3v) is 3.15. The van der Waals surface area contributed by atoms with Gasteiger partial charge in [0.2, 0.25) is 0 Å². The fourth-order valence-corrected chi connectivity index (χ4v) is 2.05. The van der Waals surface area contributed by atoms with Crippen molar-refractivity contribution in [3.8, 4) is 0 Å². The minimum atomic E-state index is 0.736. The van der Waals surface area contributed by atoms with Crippen molar-refractivity contribution in [2.45, 2.75) is 20.3 Å². The molecular weight excluding hydrogens is 256 g/mol. The molecule has 0 aromatic heterocycles. The Kier molecular flexibility index (Phi) is 5.65. The van der Waals surface area contributed by atoms with Gasteiger partial charge in [-0.1, -0.05) is 67.6 Å². The van der Waals surface area contributed by atoms with E-state index in [2.05, 4.69) is 29.0 Å². The van der Waals surface area contributed by atoms with E-state index in [0.29, 0.717) is 0 Å². The van der Waals surface area contributed by atoms with Crippen LogP contribution in [0, 0.1) is 0 Å². The van der Waals surface area contributed by atoms with Crippen LogP contribution in [0.15, 0.2) is 76.8 Å². The highest BCUT2D eigenvalue weighted by Gasteiger charge is 2.01. The highest BCUT2D eigenvalue weighted by atomic mass is 14.9. The van der Waals surface area contributed by atoms with Crippen molar-refractivity contribution >= 4 is 17.6 Å². The average molecular weight is 276 g/mol. The van der Waals surface area contributed by atoms with Crippen LogP contribution in [0.4, 0.5) is 0 Å². The van der Waals surface area contributed by atoms with Crippen LogP contribution < -0.4 is 0 Å². The molecule has 0 atom stereocenters. The molecule has 21 heavy (non-hydrogen) atoms. The van der Waals surface area contributed by atoms with Gasteiger partial charge < -0.3 is 0 Å². The fourth-order valence-electron chi connectivity index (χ4n) is 2.05. The highest BCUT2D eigenvalue weighted by Crippen LogP contribution is 2.18. The van der Waals surface area contributed by atoms with Crippen molar-refractivity contribution in [1.82, 2.24) is 0 Å². The van der Waals surface area contributed by atoms with Crippen molar-refractivity contribution in [2.24, 2.45) is 9.98 Å². The second-order valence-corrected chi connectivity index (χ2v) is 4.58. The standard InChI is InChI=1S/C19H20N2/c1-3-16(17-11-7-5-8-12-17)15-21-19(20-4-2)18-13-9-6-10-14-18/h4-15H,3H2,1-2H3/b16-15?,20-4-,21-19-. The molecule has 0 fully saturated rings. The summed E-state index contributed by atoms with van der Waals surface area (Å²) >= 11 is 0. The van der Waals surface area contributed by atoms with Gasteiger partial charge in [-0.2, -0.15) is 0 Å². The van der Waals surface area contributed by atoms with Crippen LogP contribution in [-0.4, -0.2) is 12.1 Å². The van der Waals surface area contributed by atoms with E-state index in [4.69, 9.17) is 0 Å². The third kappa shape index (κ3) is 4.25. The van der Waals surface area contributed by atoms with Crippen LogP contribution in [0.3, 0.4) is 0 Å². The molecule has 2 nitrogen and oxygen atoms in total. The van der Waals surface area contributed by atoms with Gasteiger partial charge in [0.25, 0.3) is 0 Å². The van der Waals surface area contributed by atoms with E-state index < -0.39 is 0 Å². The molecule has 0 aliphatic heterocycles. The molecule has 0 saturated carbocycles. The number of allylic oxidation sites excluding steroid dienone is 1. The van der Waals surface area contributed by atoms with Crippen LogP contribution in [0.25, 0.3) is 5.57 Å². The lowest BCUT2D eigenvalue weighted by atomic mass is 10.1. The van der Waals surface area contributed by atoms with Crippen LogP contribution in [0.1, 0.15) is 31.4 Å². The minimum absolute atomic E-state index is 0.736. The van der Waals surface area contributed by atoms with Crippen molar-refractivity contribution in [3.63, 3.8) is 0 Å². The van der Waals surface area contributed by atoms with Gasteiger partial charge in [0.15, 0.2) is 5.84 Å². The molecule has 2 aromatic rings. The number of nitrogens with zero attached hydrogens (tertiary/aromatic N) is 2. The lowest BCUT2D eigenvalue weighted by Gasteiger charge is -2.04. The number of rotatable bonds is 4. The van der Waals surface area contributed by atoms with E-state index in [-0.39, 0.29) is 0 Å². The summed E-state index contributed by atoms with van der Waals surface area (Å²) in [6.45, 7) is 4.04. The Morgan fingerprint density at radius 3 is 2.00 bits per heavy atom. The van der Waals surface area contributed by atoms with Gasteiger partial charge in [-0.05, 0) is 24.5 Å². The first-order chi connectivity index (χ1) is 10.3. The van der Waals surface area contributed by atoms with E-state index in [1.54, 1.807) is 6.21 Å². The highest BCUT2D eigenvalue weighted by molar-refractivity contribution is 6.03. The zero-order chi connectivity index (χ0) is 14.9. The molecule has 106 valence electrons. The molecule has 2 aromatic carbocycles. The second-order valence-electron chi connectivity index (χ2n) is 4.58. The lowest BCUT2D eigenvalue weighted by molar-refractivity contribution is 1.22. The molecule has 2 heteroatoms. The number of hydrogen-bond donors (Lipinski definition) is 0. The van der Waals surface area contributed by atoms with E-state index in [0.717, 1.165) is 17.8 Å². The number of hydrogen-bond acceptors (Lipinski definition) is 1. The molecule has 0 heterocycles. The maximum atomic E-state index is 4.59. The van der Waals surface area contributed by atoms with Gasteiger partial charge in [0.05, 0.1) is 0 Å². The van der Waals surface area contributed by atoms with E-state index >= 15 is 0 Å². The summed E-state index contributed by atoms with van der Waals surface area (Å²) in [6.07, 6.45) is 4.63. The summed E-state index contributed by atoms with van der Waals surface area (Å²) in [5.74, 6) is 0.736. The zero-order valence-corrected chi connectivity index (χ0v) is 12.5.